The molecule has 1 aromatic heterocycles. The summed E-state index contributed by atoms with van der Waals surface area (Å²) in [4.78, 5) is 14.4. The Morgan fingerprint density at radius 2 is 1.95 bits per heavy atom. The molecule has 1 amide bonds. The lowest BCUT2D eigenvalue weighted by Crippen LogP contribution is -2.35. The van der Waals surface area contributed by atoms with Crippen molar-refractivity contribution < 1.29 is 4.79 Å². The summed E-state index contributed by atoms with van der Waals surface area (Å²) >= 11 is 0. The molecule has 1 saturated heterocycles. The summed E-state index contributed by atoms with van der Waals surface area (Å²) in [5.74, 6) is 0.116. The fraction of sp³-hybridized carbons (Fsp3) is 0.533. The average Bonchev–Trinajstić information content (AvgIpc) is 2.90. The number of nitrogens with zero attached hydrogens (tertiary/aromatic N) is 4. The summed E-state index contributed by atoms with van der Waals surface area (Å²) in [5, 5.41) is 8.32. The molecule has 0 radical (unpaired) electrons. The quantitative estimate of drug-likeness (QED) is 0.844. The molecule has 0 atom stereocenters. The van der Waals surface area contributed by atoms with Crippen molar-refractivity contribution in [1.82, 2.24) is 19.9 Å². The second kappa shape index (κ2) is 5.23. The first-order valence-electron chi connectivity index (χ1n) is 7.31. The van der Waals surface area contributed by atoms with Gasteiger partial charge in [-0.1, -0.05) is 5.21 Å². The highest BCUT2D eigenvalue weighted by Gasteiger charge is 2.19. The standard InChI is InChI=1S/C15H20N4O/c1-11(2)19-14-7-6-12(10-13(14)16-17-19)15(20)18-8-4-3-5-9-18/h6-7,10-11H,3-5,8-9H2,1-2H3. The fourth-order valence-corrected chi connectivity index (χ4v) is 2.74. The minimum atomic E-state index is 0.116. The Bertz CT molecular complexity index is 626. The largest absolute Gasteiger partial charge is 0.339 e. The van der Waals surface area contributed by atoms with Crippen molar-refractivity contribution in [2.75, 3.05) is 13.1 Å². The van der Waals surface area contributed by atoms with Gasteiger partial charge in [-0.25, -0.2) is 4.68 Å². The van der Waals surface area contributed by atoms with Crippen molar-refractivity contribution in [3.8, 4) is 0 Å². The number of amides is 1. The van der Waals surface area contributed by atoms with E-state index in [0.29, 0.717) is 0 Å². The molecule has 5 heteroatoms. The van der Waals surface area contributed by atoms with Crippen LogP contribution in [0.3, 0.4) is 0 Å². The molecule has 1 aromatic carbocycles. The lowest BCUT2D eigenvalue weighted by Gasteiger charge is -2.26. The van der Waals surface area contributed by atoms with Gasteiger partial charge in [0.2, 0.25) is 0 Å². The van der Waals surface area contributed by atoms with Crippen LogP contribution >= 0.6 is 0 Å². The third kappa shape index (κ3) is 2.28. The number of hydrogen-bond acceptors (Lipinski definition) is 3. The van der Waals surface area contributed by atoms with Gasteiger partial charge < -0.3 is 4.90 Å². The molecule has 20 heavy (non-hydrogen) atoms. The molecule has 1 fully saturated rings. The Kier molecular flexibility index (Phi) is 3.42. The Morgan fingerprint density at radius 1 is 1.20 bits per heavy atom. The molecule has 1 aliphatic rings. The topological polar surface area (TPSA) is 51.0 Å². The normalized spacial score (nSPS) is 16.1. The first-order valence-corrected chi connectivity index (χ1v) is 7.31. The Morgan fingerprint density at radius 3 is 2.65 bits per heavy atom. The molecule has 106 valence electrons. The highest BCUT2D eigenvalue weighted by Crippen LogP contribution is 2.19. The lowest BCUT2D eigenvalue weighted by atomic mass is 10.1. The van der Waals surface area contributed by atoms with Crippen LogP contribution in [0.1, 0.15) is 49.5 Å². The zero-order chi connectivity index (χ0) is 14.1. The summed E-state index contributed by atoms with van der Waals surface area (Å²) in [6.45, 7) is 5.88. The zero-order valence-electron chi connectivity index (χ0n) is 12.0. The number of aromatic nitrogens is 3. The number of hydrogen-bond donors (Lipinski definition) is 0. The van der Waals surface area contributed by atoms with Gasteiger partial charge in [-0.05, 0) is 51.3 Å². The van der Waals surface area contributed by atoms with Crippen molar-refractivity contribution in [3.63, 3.8) is 0 Å². The van der Waals surface area contributed by atoms with E-state index in [2.05, 4.69) is 24.2 Å². The minimum Gasteiger partial charge on any atom is -0.339 e. The molecule has 1 aliphatic heterocycles. The molecule has 2 aromatic rings. The van der Waals surface area contributed by atoms with Crippen molar-refractivity contribution in [3.05, 3.63) is 23.8 Å². The van der Waals surface area contributed by atoms with E-state index in [4.69, 9.17) is 0 Å². The van der Waals surface area contributed by atoms with E-state index < -0.39 is 0 Å². The third-order valence-electron chi connectivity index (χ3n) is 3.85. The maximum Gasteiger partial charge on any atom is 0.253 e. The predicted molar refractivity (Wildman–Crippen MR) is 77.7 cm³/mol. The number of benzene rings is 1. The van der Waals surface area contributed by atoms with Crippen LogP contribution in [0.5, 0.6) is 0 Å². The maximum absolute atomic E-state index is 12.5. The van der Waals surface area contributed by atoms with Crippen LogP contribution in [0.2, 0.25) is 0 Å². The molecule has 0 saturated carbocycles. The van der Waals surface area contributed by atoms with Crippen molar-refractivity contribution in [2.24, 2.45) is 0 Å². The Hall–Kier alpha value is -1.91. The van der Waals surface area contributed by atoms with Gasteiger partial charge in [-0.2, -0.15) is 0 Å². The van der Waals surface area contributed by atoms with E-state index in [-0.39, 0.29) is 11.9 Å². The van der Waals surface area contributed by atoms with Crippen LogP contribution < -0.4 is 0 Å². The van der Waals surface area contributed by atoms with Crippen LogP contribution in [0, 0.1) is 0 Å². The van der Waals surface area contributed by atoms with Crippen molar-refractivity contribution in [1.29, 1.82) is 0 Å². The number of fused-ring (bicyclic) bond motifs is 1. The van der Waals surface area contributed by atoms with Gasteiger partial charge in [0, 0.05) is 24.7 Å². The van der Waals surface area contributed by atoms with E-state index in [0.717, 1.165) is 42.5 Å². The van der Waals surface area contributed by atoms with Crippen LogP contribution in [-0.2, 0) is 0 Å². The molecule has 0 bridgehead atoms. The molecule has 2 heterocycles. The number of carbonyl (C=O) groups is 1. The number of carbonyl (C=O) groups excluding carboxylic acids is 1. The van der Waals surface area contributed by atoms with Gasteiger partial charge in [0.15, 0.2) is 0 Å². The van der Waals surface area contributed by atoms with E-state index in [9.17, 15) is 4.79 Å². The Balaban J connectivity index is 1.91. The van der Waals surface area contributed by atoms with Crippen molar-refractivity contribution in [2.45, 2.75) is 39.2 Å². The van der Waals surface area contributed by atoms with E-state index in [1.807, 2.05) is 27.8 Å². The van der Waals surface area contributed by atoms with Gasteiger partial charge in [-0.3, -0.25) is 4.79 Å². The predicted octanol–water partition coefficient (Wildman–Crippen LogP) is 2.64. The van der Waals surface area contributed by atoms with Crippen LogP contribution in [0.4, 0.5) is 0 Å². The number of rotatable bonds is 2. The van der Waals surface area contributed by atoms with Gasteiger partial charge in [0.1, 0.15) is 5.52 Å². The second-order valence-electron chi connectivity index (χ2n) is 5.68. The van der Waals surface area contributed by atoms with Crippen LogP contribution in [0.15, 0.2) is 18.2 Å². The summed E-state index contributed by atoms with van der Waals surface area (Å²) < 4.78 is 1.88. The third-order valence-corrected chi connectivity index (χ3v) is 3.85. The van der Waals surface area contributed by atoms with Gasteiger partial charge in [0.05, 0.1) is 5.52 Å². The average molecular weight is 272 g/mol. The number of piperidine rings is 1. The minimum absolute atomic E-state index is 0.116. The highest BCUT2D eigenvalue weighted by molar-refractivity contribution is 5.97. The lowest BCUT2D eigenvalue weighted by molar-refractivity contribution is 0.0724. The van der Waals surface area contributed by atoms with E-state index in [1.165, 1.54) is 6.42 Å². The molecule has 0 unspecified atom stereocenters. The summed E-state index contributed by atoms with van der Waals surface area (Å²) in [5.41, 5.74) is 2.49. The molecular weight excluding hydrogens is 252 g/mol. The van der Waals surface area contributed by atoms with Gasteiger partial charge >= 0.3 is 0 Å². The first kappa shape index (κ1) is 13.1. The number of likely N-dealkylation sites (tertiary alicyclic amines) is 1. The molecule has 3 rings (SSSR count). The van der Waals surface area contributed by atoms with E-state index in [1.54, 1.807) is 0 Å². The summed E-state index contributed by atoms with van der Waals surface area (Å²) in [6.07, 6.45) is 3.45. The SMILES string of the molecule is CC(C)n1nnc2cc(C(=O)N3CCCCC3)ccc21. The van der Waals surface area contributed by atoms with Crippen LogP contribution in [-0.4, -0.2) is 38.9 Å². The Labute approximate surface area is 118 Å². The molecule has 0 aliphatic carbocycles. The van der Waals surface area contributed by atoms with Crippen molar-refractivity contribution >= 4 is 16.9 Å². The summed E-state index contributed by atoms with van der Waals surface area (Å²) in [6, 6.07) is 5.97. The molecular formula is C15H20N4O. The fourth-order valence-electron chi connectivity index (χ4n) is 2.74. The van der Waals surface area contributed by atoms with Crippen LogP contribution in [0.25, 0.3) is 11.0 Å². The maximum atomic E-state index is 12.5. The molecule has 0 spiro atoms. The smallest absolute Gasteiger partial charge is 0.253 e. The van der Waals surface area contributed by atoms with Gasteiger partial charge in [-0.15, -0.1) is 5.10 Å². The monoisotopic (exact) mass is 272 g/mol. The zero-order valence-corrected chi connectivity index (χ0v) is 12.0. The summed E-state index contributed by atoms with van der Waals surface area (Å²) in [7, 11) is 0. The first-order chi connectivity index (χ1) is 9.66. The second-order valence-corrected chi connectivity index (χ2v) is 5.68. The van der Waals surface area contributed by atoms with E-state index >= 15 is 0 Å². The molecule has 0 N–H and O–H groups in total. The molecule has 5 nitrogen and oxygen atoms in total. The van der Waals surface area contributed by atoms with Gasteiger partial charge in [0.25, 0.3) is 5.91 Å². The highest BCUT2D eigenvalue weighted by atomic mass is 16.2.